The number of benzene rings is 2. The van der Waals surface area contributed by atoms with Gasteiger partial charge in [0.15, 0.2) is 0 Å². The van der Waals surface area contributed by atoms with Crippen molar-refractivity contribution in [3.05, 3.63) is 59.9 Å². The van der Waals surface area contributed by atoms with E-state index in [1.807, 2.05) is 43.1 Å². The van der Waals surface area contributed by atoms with Crippen LogP contribution in [0.25, 0.3) is 0 Å². The Labute approximate surface area is 142 Å². The molecule has 0 aliphatic heterocycles. The maximum atomic E-state index is 12.9. The highest BCUT2D eigenvalue weighted by Crippen LogP contribution is 2.17. The molecular weight excluding hydrogens is 309 g/mol. The van der Waals surface area contributed by atoms with Crippen molar-refractivity contribution in [3.63, 3.8) is 0 Å². The zero-order valence-corrected chi connectivity index (χ0v) is 14.1. The molecular formula is C19H24FNO3. The average Bonchev–Trinajstić information content (AvgIpc) is 2.56. The summed E-state index contributed by atoms with van der Waals surface area (Å²) in [6, 6.07) is 13.7. The van der Waals surface area contributed by atoms with Crippen LogP contribution in [-0.4, -0.2) is 42.9 Å². The standard InChI is InChI=1S/C19H24FNO3/c1-3-23-18-8-10-19(11-9-18)24-14-17(22)13-21(2)12-15-4-6-16(20)7-5-15/h4-11,17,22H,3,12-14H2,1-2H3/t17-/m1/s1. The van der Waals surface area contributed by atoms with Gasteiger partial charge in [0.05, 0.1) is 6.61 Å². The molecule has 0 saturated heterocycles. The van der Waals surface area contributed by atoms with Crippen molar-refractivity contribution < 1.29 is 19.0 Å². The minimum Gasteiger partial charge on any atom is -0.494 e. The van der Waals surface area contributed by atoms with Gasteiger partial charge in [0.25, 0.3) is 0 Å². The molecule has 0 unspecified atom stereocenters. The van der Waals surface area contributed by atoms with Crippen molar-refractivity contribution in [3.8, 4) is 11.5 Å². The fourth-order valence-corrected chi connectivity index (χ4v) is 2.37. The lowest BCUT2D eigenvalue weighted by atomic mass is 10.2. The van der Waals surface area contributed by atoms with Crippen molar-refractivity contribution >= 4 is 0 Å². The molecule has 1 atom stereocenters. The summed E-state index contributed by atoms with van der Waals surface area (Å²) in [5.41, 5.74) is 0.999. The van der Waals surface area contributed by atoms with Gasteiger partial charge in [-0.25, -0.2) is 4.39 Å². The summed E-state index contributed by atoms with van der Waals surface area (Å²) in [5.74, 6) is 1.24. The topological polar surface area (TPSA) is 41.9 Å². The first-order chi connectivity index (χ1) is 11.6. The molecule has 5 heteroatoms. The fourth-order valence-electron chi connectivity index (χ4n) is 2.37. The number of aliphatic hydroxyl groups excluding tert-OH is 1. The van der Waals surface area contributed by atoms with E-state index in [4.69, 9.17) is 9.47 Å². The third-order valence-corrected chi connectivity index (χ3v) is 3.47. The zero-order chi connectivity index (χ0) is 17.4. The van der Waals surface area contributed by atoms with Crippen LogP contribution in [0.5, 0.6) is 11.5 Å². The Bertz CT molecular complexity index is 601. The lowest BCUT2D eigenvalue weighted by Gasteiger charge is -2.21. The highest BCUT2D eigenvalue weighted by atomic mass is 19.1. The molecule has 0 radical (unpaired) electrons. The molecule has 0 amide bonds. The number of nitrogens with zero attached hydrogens (tertiary/aromatic N) is 1. The van der Waals surface area contributed by atoms with E-state index in [9.17, 15) is 9.50 Å². The molecule has 0 spiro atoms. The molecule has 0 saturated carbocycles. The number of rotatable bonds is 9. The van der Waals surface area contributed by atoms with Gasteiger partial charge < -0.3 is 14.6 Å². The van der Waals surface area contributed by atoms with Crippen LogP contribution in [0.2, 0.25) is 0 Å². The molecule has 0 heterocycles. The summed E-state index contributed by atoms with van der Waals surface area (Å²) in [6.07, 6.45) is -0.609. The van der Waals surface area contributed by atoms with Crippen molar-refractivity contribution in [2.75, 3.05) is 26.8 Å². The highest BCUT2D eigenvalue weighted by Gasteiger charge is 2.10. The summed E-state index contributed by atoms with van der Waals surface area (Å²) in [7, 11) is 1.91. The molecule has 0 bridgehead atoms. The van der Waals surface area contributed by atoms with Gasteiger partial charge in [0.2, 0.25) is 0 Å². The molecule has 0 aliphatic rings. The Hall–Kier alpha value is -2.11. The lowest BCUT2D eigenvalue weighted by Crippen LogP contribution is -2.32. The molecule has 1 N–H and O–H groups in total. The van der Waals surface area contributed by atoms with Crippen molar-refractivity contribution in [1.29, 1.82) is 0 Å². The number of hydrogen-bond donors (Lipinski definition) is 1. The van der Waals surface area contributed by atoms with Gasteiger partial charge in [-0.1, -0.05) is 12.1 Å². The van der Waals surface area contributed by atoms with Gasteiger partial charge in [0, 0.05) is 13.1 Å². The molecule has 2 rings (SSSR count). The second-order valence-corrected chi connectivity index (χ2v) is 5.69. The number of halogens is 1. The molecule has 0 aliphatic carbocycles. The first-order valence-electron chi connectivity index (χ1n) is 8.03. The molecule has 2 aromatic rings. The van der Waals surface area contributed by atoms with Crippen LogP contribution < -0.4 is 9.47 Å². The Morgan fingerprint density at radius 2 is 1.58 bits per heavy atom. The van der Waals surface area contributed by atoms with Gasteiger partial charge in [0.1, 0.15) is 30.0 Å². The summed E-state index contributed by atoms with van der Waals surface area (Å²) in [4.78, 5) is 1.97. The minimum atomic E-state index is -0.609. The predicted molar refractivity (Wildman–Crippen MR) is 91.8 cm³/mol. The molecule has 4 nitrogen and oxygen atoms in total. The summed E-state index contributed by atoms with van der Waals surface area (Å²) in [6.45, 7) is 3.87. The number of aliphatic hydroxyl groups is 1. The van der Waals surface area contributed by atoms with E-state index in [0.29, 0.717) is 25.4 Å². The Balaban J connectivity index is 1.73. The van der Waals surface area contributed by atoms with E-state index in [-0.39, 0.29) is 12.4 Å². The number of likely N-dealkylation sites (N-methyl/N-ethyl adjacent to an activating group) is 1. The fraction of sp³-hybridized carbons (Fsp3) is 0.368. The maximum absolute atomic E-state index is 12.9. The molecule has 0 fully saturated rings. The monoisotopic (exact) mass is 333 g/mol. The molecule has 24 heavy (non-hydrogen) atoms. The third-order valence-electron chi connectivity index (χ3n) is 3.47. The summed E-state index contributed by atoms with van der Waals surface area (Å²) >= 11 is 0. The minimum absolute atomic E-state index is 0.210. The van der Waals surface area contributed by atoms with Crippen molar-refractivity contribution in [1.82, 2.24) is 4.90 Å². The van der Waals surface area contributed by atoms with Crippen LogP contribution in [0.15, 0.2) is 48.5 Å². The van der Waals surface area contributed by atoms with Crippen LogP contribution in [0.3, 0.4) is 0 Å². The Morgan fingerprint density at radius 3 is 2.17 bits per heavy atom. The first-order valence-corrected chi connectivity index (χ1v) is 8.03. The maximum Gasteiger partial charge on any atom is 0.123 e. The lowest BCUT2D eigenvalue weighted by molar-refractivity contribution is 0.0743. The molecule has 0 aromatic heterocycles. The SMILES string of the molecule is CCOc1ccc(OC[C@H](O)CN(C)Cc2ccc(F)cc2)cc1. The van der Waals surface area contributed by atoms with Crippen LogP contribution in [0.1, 0.15) is 12.5 Å². The smallest absolute Gasteiger partial charge is 0.123 e. The zero-order valence-electron chi connectivity index (χ0n) is 14.1. The van der Waals surface area contributed by atoms with E-state index in [0.717, 1.165) is 11.3 Å². The van der Waals surface area contributed by atoms with Crippen LogP contribution >= 0.6 is 0 Å². The van der Waals surface area contributed by atoms with Crippen LogP contribution in [0, 0.1) is 5.82 Å². The molecule has 130 valence electrons. The Kier molecular flexibility index (Phi) is 7.03. The molecule has 2 aromatic carbocycles. The second-order valence-electron chi connectivity index (χ2n) is 5.69. The number of ether oxygens (including phenoxy) is 2. The largest absolute Gasteiger partial charge is 0.494 e. The number of hydrogen-bond acceptors (Lipinski definition) is 4. The van der Waals surface area contributed by atoms with Crippen molar-refractivity contribution in [2.24, 2.45) is 0 Å². The van der Waals surface area contributed by atoms with E-state index in [1.165, 1.54) is 12.1 Å². The van der Waals surface area contributed by atoms with Gasteiger partial charge >= 0.3 is 0 Å². The van der Waals surface area contributed by atoms with Crippen LogP contribution in [-0.2, 0) is 6.54 Å². The van der Waals surface area contributed by atoms with Crippen molar-refractivity contribution in [2.45, 2.75) is 19.6 Å². The van der Waals surface area contributed by atoms with Gasteiger partial charge in [-0.2, -0.15) is 0 Å². The normalized spacial score (nSPS) is 12.2. The second kappa shape index (κ2) is 9.25. The quantitative estimate of drug-likeness (QED) is 0.766. The van der Waals surface area contributed by atoms with E-state index >= 15 is 0 Å². The highest BCUT2D eigenvalue weighted by molar-refractivity contribution is 5.31. The van der Waals surface area contributed by atoms with Gasteiger partial charge in [-0.05, 0) is 55.9 Å². The van der Waals surface area contributed by atoms with Crippen LogP contribution in [0.4, 0.5) is 4.39 Å². The Morgan fingerprint density at radius 1 is 1.00 bits per heavy atom. The first kappa shape index (κ1) is 18.2. The van der Waals surface area contributed by atoms with Gasteiger partial charge in [-0.15, -0.1) is 0 Å². The summed E-state index contributed by atoms with van der Waals surface area (Å²) in [5, 5.41) is 10.1. The average molecular weight is 333 g/mol. The summed E-state index contributed by atoms with van der Waals surface area (Å²) < 4.78 is 23.8. The van der Waals surface area contributed by atoms with Gasteiger partial charge in [-0.3, -0.25) is 4.90 Å². The third kappa shape index (κ3) is 6.18. The van der Waals surface area contributed by atoms with E-state index < -0.39 is 6.10 Å². The predicted octanol–water partition coefficient (Wildman–Crippen LogP) is 3.10. The van der Waals surface area contributed by atoms with E-state index in [1.54, 1.807) is 12.1 Å². The van der Waals surface area contributed by atoms with E-state index in [2.05, 4.69) is 0 Å².